The van der Waals surface area contributed by atoms with Crippen LogP contribution >= 0.6 is 11.6 Å². The molecule has 1 aromatic rings. The first-order valence-electron chi connectivity index (χ1n) is 5.40. The van der Waals surface area contributed by atoms with E-state index in [0.717, 1.165) is 5.56 Å². The summed E-state index contributed by atoms with van der Waals surface area (Å²) in [6.45, 7) is 1.07. The Morgan fingerprint density at radius 3 is 2.82 bits per heavy atom. The summed E-state index contributed by atoms with van der Waals surface area (Å²) < 4.78 is 10.4. The van der Waals surface area contributed by atoms with Gasteiger partial charge in [-0.15, -0.1) is 0 Å². The summed E-state index contributed by atoms with van der Waals surface area (Å²) in [6, 6.07) is 5.56. The quantitative estimate of drug-likeness (QED) is 0.778. The Morgan fingerprint density at radius 2 is 2.18 bits per heavy atom. The fourth-order valence-corrected chi connectivity index (χ4v) is 1.71. The fourth-order valence-electron chi connectivity index (χ4n) is 1.46. The lowest BCUT2D eigenvalue weighted by molar-refractivity contribution is 0.0323. The van der Waals surface area contributed by atoms with Crippen LogP contribution < -0.4 is 10.1 Å². The van der Waals surface area contributed by atoms with Crippen molar-refractivity contribution in [2.75, 3.05) is 27.4 Å². The van der Waals surface area contributed by atoms with Gasteiger partial charge in [-0.05, 0) is 13.1 Å². The van der Waals surface area contributed by atoms with E-state index in [1.165, 1.54) is 7.11 Å². The molecular formula is C12H18ClNO3. The van der Waals surface area contributed by atoms with Gasteiger partial charge >= 0.3 is 0 Å². The third kappa shape index (κ3) is 4.52. The molecule has 0 spiro atoms. The first-order valence-corrected chi connectivity index (χ1v) is 5.78. The molecule has 0 aliphatic carbocycles. The molecule has 4 nitrogen and oxygen atoms in total. The smallest absolute Gasteiger partial charge is 0.142 e. The maximum atomic E-state index is 9.51. The molecule has 0 aliphatic rings. The lowest BCUT2D eigenvalue weighted by Crippen LogP contribution is -2.23. The van der Waals surface area contributed by atoms with E-state index in [1.54, 1.807) is 6.07 Å². The van der Waals surface area contributed by atoms with Crippen molar-refractivity contribution in [2.45, 2.75) is 12.6 Å². The largest absolute Gasteiger partial charge is 0.489 e. The lowest BCUT2D eigenvalue weighted by Gasteiger charge is -2.15. The molecule has 0 saturated carbocycles. The van der Waals surface area contributed by atoms with Crippen molar-refractivity contribution in [3.05, 3.63) is 28.8 Å². The van der Waals surface area contributed by atoms with Gasteiger partial charge in [-0.25, -0.2) is 0 Å². The molecule has 1 unspecified atom stereocenters. The standard InChI is InChI=1S/C12H18ClNO3/c1-14-6-9-4-3-5-11(13)12(9)17-8-10(15)7-16-2/h3-5,10,14-15H,6-8H2,1-2H3. The van der Waals surface area contributed by atoms with Crippen molar-refractivity contribution in [1.29, 1.82) is 0 Å². The van der Waals surface area contributed by atoms with Crippen LogP contribution in [0.2, 0.25) is 5.02 Å². The second kappa shape index (κ2) is 7.50. The van der Waals surface area contributed by atoms with Gasteiger partial charge in [-0.2, -0.15) is 0 Å². The molecule has 96 valence electrons. The highest BCUT2D eigenvalue weighted by atomic mass is 35.5. The number of hydrogen-bond donors (Lipinski definition) is 2. The Balaban J connectivity index is 2.68. The Hall–Kier alpha value is -0.810. The summed E-state index contributed by atoms with van der Waals surface area (Å²) >= 11 is 6.06. The number of aliphatic hydroxyl groups is 1. The van der Waals surface area contributed by atoms with Crippen molar-refractivity contribution in [2.24, 2.45) is 0 Å². The van der Waals surface area contributed by atoms with Crippen LogP contribution in [0.1, 0.15) is 5.56 Å². The molecule has 0 aromatic heterocycles. The normalized spacial score (nSPS) is 12.5. The van der Waals surface area contributed by atoms with Crippen molar-refractivity contribution in [1.82, 2.24) is 5.32 Å². The van der Waals surface area contributed by atoms with Crippen LogP contribution in [-0.2, 0) is 11.3 Å². The van der Waals surface area contributed by atoms with E-state index in [0.29, 0.717) is 17.3 Å². The molecule has 0 bridgehead atoms. The third-order valence-corrected chi connectivity index (χ3v) is 2.49. The molecular weight excluding hydrogens is 242 g/mol. The monoisotopic (exact) mass is 259 g/mol. The predicted octanol–water partition coefficient (Wildman–Crippen LogP) is 1.45. The Morgan fingerprint density at radius 1 is 1.41 bits per heavy atom. The minimum Gasteiger partial charge on any atom is -0.489 e. The number of benzene rings is 1. The van der Waals surface area contributed by atoms with E-state index in [9.17, 15) is 5.11 Å². The van der Waals surface area contributed by atoms with Gasteiger partial charge in [0.25, 0.3) is 0 Å². The maximum absolute atomic E-state index is 9.51. The molecule has 0 radical (unpaired) electrons. The summed E-state index contributed by atoms with van der Waals surface area (Å²) in [5.41, 5.74) is 0.963. The highest BCUT2D eigenvalue weighted by Gasteiger charge is 2.10. The van der Waals surface area contributed by atoms with Gasteiger partial charge in [0.2, 0.25) is 0 Å². The van der Waals surface area contributed by atoms with Gasteiger partial charge in [-0.1, -0.05) is 23.7 Å². The van der Waals surface area contributed by atoms with Crippen molar-refractivity contribution in [3.8, 4) is 5.75 Å². The molecule has 5 heteroatoms. The van der Waals surface area contributed by atoms with Gasteiger partial charge in [0.05, 0.1) is 11.6 Å². The molecule has 1 atom stereocenters. The van der Waals surface area contributed by atoms with Crippen molar-refractivity contribution < 1.29 is 14.6 Å². The molecule has 0 aliphatic heterocycles. The number of methoxy groups -OCH3 is 1. The molecule has 0 amide bonds. The van der Waals surface area contributed by atoms with Crippen LogP contribution in [0.3, 0.4) is 0 Å². The number of para-hydroxylation sites is 1. The number of halogens is 1. The number of ether oxygens (including phenoxy) is 2. The van der Waals surface area contributed by atoms with Crippen molar-refractivity contribution >= 4 is 11.6 Å². The SMILES string of the molecule is CNCc1cccc(Cl)c1OCC(O)COC. The maximum Gasteiger partial charge on any atom is 0.142 e. The molecule has 17 heavy (non-hydrogen) atoms. The first kappa shape index (κ1) is 14.3. The molecule has 0 heterocycles. The Labute approximate surface area is 106 Å². The molecule has 0 saturated heterocycles. The summed E-state index contributed by atoms with van der Waals surface area (Å²) in [5.74, 6) is 0.610. The Kier molecular flexibility index (Phi) is 6.29. The van der Waals surface area contributed by atoms with E-state index in [4.69, 9.17) is 21.1 Å². The average Bonchev–Trinajstić information content (AvgIpc) is 2.29. The topological polar surface area (TPSA) is 50.7 Å². The highest BCUT2D eigenvalue weighted by Crippen LogP contribution is 2.28. The van der Waals surface area contributed by atoms with Crippen LogP contribution in [-0.4, -0.2) is 38.6 Å². The number of nitrogens with one attached hydrogen (secondary N) is 1. The predicted molar refractivity (Wildman–Crippen MR) is 67.6 cm³/mol. The first-order chi connectivity index (χ1) is 8.19. The van der Waals surface area contributed by atoms with Gasteiger partial charge < -0.3 is 19.9 Å². The van der Waals surface area contributed by atoms with Crippen LogP contribution in [0.15, 0.2) is 18.2 Å². The second-order valence-corrected chi connectivity index (χ2v) is 4.09. The Bertz CT molecular complexity index is 347. The zero-order valence-corrected chi connectivity index (χ0v) is 10.8. The minimum absolute atomic E-state index is 0.161. The molecule has 1 aromatic carbocycles. The zero-order valence-electron chi connectivity index (χ0n) is 10.1. The van der Waals surface area contributed by atoms with Crippen LogP contribution in [0.5, 0.6) is 5.75 Å². The average molecular weight is 260 g/mol. The molecule has 0 fully saturated rings. The minimum atomic E-state index is -0.654. The summed E-state index contributed by atoms with van der Waals surface area (Å²) in [5, 5.41) is 13.1. The van der Waals surface area contributed by atoms with Crippen LogP contribution in [0.4, 0.5) is 0 Å². The van der Waals surface area contributed by atoms with E-state index in [1.807, 2.05) is 19.2 Å². The van der Waals surface area contributed by atoms with E-state index >= 15 is 0 Å². The highest BCUT2D eigenvalue weighted by molar-refractivity contribution is 6.32. The van der Waals surface area contributed by atoms with Gasteiger partial charge in [0.1, 0.15) is 18.5 Å². The molecule has 2 N–H and O–H groups in total. The zero-order chi connectivity index (χ0) is 12.7. The van der Waals surface area contributed by atoms with E-state index in [2.05, 4.69) is 5.32 Å². The van der Waals surface area contributed by atoms with Crippen molar-refractivity contribution in [3.63, 3.8) is 0 Å². The van der Waals surface area contributed by atoms with E-state index < -0.39 is 6.10 Å². The number of rotatable bonds is 7. The summed E-state index contributed by atoms with van der Waals surface area (Å²) in [4.78, 5) is 0. The lowest BCUT2D eigenvalue weighted by atomic mass is 10.2. The van der Waals surface area contributed by atoms with E-state index in [-0.39, 0.29) is 13.2 Å². The van der Waals surface area contributed by atoms with Gasteiger partial charge in [0.15, 0.2) is 0 Å². The summed E-state index contributed by atoms with van der Waals surface area (Å²) in [6.07, 6.45) is -0.654. The summed E-state index contributed by atoms with van der Waals surface area (Å²) in [7, 11) is 3.38. The second-order valence-electron chi connectivity index (χ2n) is 3.68. The van der Waals surface area contributed by atoms with Crippen LogP contribution in [0.25, 0.3) is 0 Å². The van der Waals surface area contributed by atoms with Crippen LogP contribution in [0, 0.1) is 0 Å². The number of hydrogen-bond acceptors (Lipinski definition) is 4. The third-order valence-electron chi connectivity index (χ3n) is 2.19. The van der Waals surface area contributed by atoms with Gasteiger partial charge in [0, 0.05) is 19.2 Å². The number of aliphatic hydroxyl groups excluding tert-OH is 1. The van der Waals surface area contributed by atoms with Gasteiger partial charge in [-0.3, -0.25) is 0 Å². The fraction of sp³-hybridized carbons (Fsp3) is 0.500. The molecule has 1 rings (SSSR count).